The number of rotatable bonds is 8. The summed E-state index contributed by atoms with van der Waals surface area (Å²) in [6, 6.07) is 25.2. The average Bonchev–Trinajstić information content (AvgIpc) is 3.38. The molecule has 0 radical (unpaired) electrons. The lowest BCUT2D eigenvalue weighted by Crippen LogP contribution is -2.45. The molecule has 1 fully saturated rings. The number of piperazine rings is 1. The summed E-state index contributed by atoms with van der Waals surface area (Å²) >= 11 is 0. The van der Waals surface area contributed by atoms with E-state index in [1.165, 1.54) is 0 Å². The van der Waals surface area contributed by atoms with E-state index in [1.54, 1.807) is 12.1 Å². The van der Waals surface area contributed by atoms with Crippen LogP contribution in [-0.4, -0.2) is 41.1 Å². The smallest absolute Gasteiger partial charge is 0.416 e. The van der Waals surface area contributed by atoms with Gasteiger partial charge in [0, 0.05) is 50.9 Å². The van der Waals surface area contributed by atoms with Gasteiger partial charge >= 0.3 is 6.18 Å². The van der Waals surface area contributed by atoms with Crippen molar-refractivity contribution in [2.24, 2.45) is 0 Å². The molecule has 0 bridgehead atoms. The molecule has 1 aliphatic rings. The third-order valence-corrected chi connectivity index (χ3v) is 6.48. The van der Waals surface area contributed by atoms with Crippen LogP contribution < -0.4 is 4.74 Å². The summed E-state index contributed by atoms with van der Waals surface area (Å²) in [6.07, 6.45) is -4.30. The number of hydrogen-bond donors (Lipinski definition) is 0. The first-order valence-electron chi connectivity index (χ1n) is 12.3. The van der Waals surface area contributed by atoms with E-state index < -0.39 is 11.7 Å². The Balaban J connectivity index is 1.08. The number of hydrogen-bond acceptors (Lipinski definition) is 5. The van der Waals surface area contributed by atoms with Gasteiger partial charge in [0.05, 0.1) is 11.3 Å². The van der Waals surface area contributed by atoms with Gasteiger partial charge < -0.3 is 9.26 Å². The molecule has 2 heterocycles. The van der Waals surface area contributed by atoms with Gasteiger partial charge in [0.15, 0.2) is 5.76 Å². The Morgan fingerprint density at radius 1 is 0.757 bits per heavy atom. The lowest BCUT2D eigenvalue weighted by Gasteiger charge is -2.34. The highest BCUT2D eigenvalue weighted by molar-refractivity contribution is 5.58. The van der Waals surface area contributed by atoms with Crippen molar-refractivity contribution < 1.29 is 22.4 Å². The van der Waals surface area contributed by atoms with Crippen molar-refractivity contribution in [1.29, 1.82) is 0 Å². The van der Waals surface area contributed by atoms with Gasteiger partial charge in [0.1, 0.15) is 12.4 Å². The Bertz CT molecular complexity index is 1260. The van der Waals surface area contributed by atoms with Gasteiger partial charge in [-0.2, -0.15) is 13.2 Å². The van der Waals surface area contributed by atoms with Gasteiger partial charge in [0.25, 0.3) is 0 Å². The van der Waals surface area contributed by atoms with Crippen molar-refractivity contribution in [3.8, 4) is 17.1 Å². The minimum Gasteiger partial charge on any atom is -0.489 e. The molecule has 5 rings (SSSR count). The van der Waals surface area contributed by atoms with Gasteiger partial charge in [-0.3, -0.25) is 9.80 Å². The van der Waals surface area contributed by atoms with E-state index in [0.717, 1.165) is 66.4 Å². The van der Waals surface area contributed by atoms with Gasteiger partial charge in [-0.05, 0) is 47.5 Å². The highest BCUT2D eigenvalue weighted by Crippen LogP contribution is 2.29. The minimum absolute atomic E-state index is 0.518. The summed E-state index contributed by atoms with van der Waals surface area (Å²) in [6.45, 7) is 5.25. The van der Waals surface area contributed by atoms with E-state index in [2.05, 4.69) is 15.0 Å². The van der Waals surface area contributed by atoms with Crippen LogP contribution in [0.5, 0.6) is 5.75 Å². The summed E-state index contributed by atoms with van der Waals surface area (Å²) < 4.78 is 49.7. The van der Waals surface area contributed by atoms with Crippen molar-refractivity contribution in [2.75, 3.05) is 26.2 Å². The van der Waals surface area contributed by atoms with Crippen molar-refractivity contribution in [1.82, 2.24) is 15.0 Å². The molecule has 1 saturated heterocycles. The van der Waals surface area contributed by atoms with E-state index in [1.807, 2.05) is 60.7 Å². The maximum Gasteiger partial charge on any atom is 0.416 e. The molecule has 5 nitrogen and oxygen atoms in total. The van der Waals surface area contributed by atoms with E-state index in [-0.39, 0.29) is 0 Å². The van der Waals surface area contributed by atoms with E-state index >= 15 is 0 Å². The first-order chi connectivity index (χ1) is 17.9. The molecule has 0 unspecified atom stereocenters. The lowest BCUT2D eigenvalue weighted by atomic mass is 10.1. The predicted octanol–water partition coefficient (Wildman–Crippen LogP) is 6.26. The number of halogens is 3. The Morgan fingerprint density at radius 2 is 1.41 bits per heavy atom. The topological polar surface area (TPSA) is 41.7 Å². The number of aromatic nitrogens is 1. The molecule has 0 aliphatic carbocycles. The van der Waals surface area contributed by atoms with Crippen LogP contribution in [0, 0.1) is 0 Å². The van der Waals surface area contributed by atoms with Crippen LogP contribution in [0.2, 0.25) is 0 Å². The molecule has 0 spiro atoms. The summed E-state index contributed by atoms with van der Waals surface area (Å²) in [7, 11) is 0. The van der Waals surface area contributed by atoms with Crippen LogP contribution in [0.25, 0.3) is 11.3 Å². The molecule has 8 heteroatoms. The standard InChI is InChI=1S/C29H28F3N3O2/c30-29(31,32)25-10-6-22(7-11-25)19-34-14-16-35(17-15-34)20-26-18-28(37-33-26)24-8-12-27(13-9-24)36-21-23-4-2-1-3-5-23/h1-13,18H,14-17,19-21H2. The van der Waals surface area contributed by atoms with Crippen LogP contribution in [0.15, 0.2) is 89.5 Å². The molecule has 0 N–H and O–H groups in total. The fourth-order valence-corrected chi connectivity index (χ4v) is 4.37. The summed E-state index contributed by atoms with van der Waals surface area (Å²) in [4.78, 5) is 4.57. The molecular weight excluding hydrogens is 479 g/mol. The molecule has 0 saturated carbocycles. The van der Waals surface area contributed by atoms with Crippen molar-refractivity contribution >= 4 is 0 Å². The second-order valence-corrected chi connectivity index (χ2v) is 9.23. The quantitative estimate of drug-likeness (QED) is 0.282. The SMILES string of the molecule is FC(F)(F)c1ccc(CN2CCN(Cc3cc(-c4ccc(OCc5ccccc5)cc4)on3)CC2)cc1. The third-order valence-electron chi connectivity index (χ3n) is 6.48. The minimum atomic E-state index is -4.30. The molecule has 192 valence electrons. The normalized spacial score (nSPS) is 15.1. The van der Waals surface area contributed by atoms with Crippen LogP contribution in [0.3, 0.4) is 0 Å². The Morgan fingerprint density at radius 3 is 2.05 bits per heavy atom. The van der Waals surface area contributed by atoms with Gasteiger partial charge in [-0.25, -0.2) is 0 Å². The molecule has 3 aromatic carbocycles. The Labute approximate surface area is 214 Å². The zero-order valence-corrected chi connectivity index (χ0v) is 20.3. The fourth-order valence-electron chi connectivity index (χ4n) is 4.37. The molecule has 4 aromatic rings. The molecule has 37 heavy (non-hydrogen) atoms. The summed E-state index contributed by atoms with van der Waals surface area (Å²) in [5, 5.41) is 4.25. The van der Waals surface area contributed by atoms with E-state index in [9.17, 15) is 13.2 Å². The third kappa shape index (κ3) is 6.78. The van der Waals surface area contributed by atoms with E-state index in [0.29, 0.717) is 25.5 Å². The van der Waals surface area contributed by atoms with Crippen molar-refractivity contribution in [3.05, 3.63) is 107 Å². The van der Waals surface area contributed by atoms with Crippen molar-refractivity contribution in [2.45, 2.75) is 25.9 Å². The fraction of sp³-hybridized carbons (Fsp3) is 0.276. The highest BCUT2D eigenvalue weighted by atomic mass is 19.4. The van der Waals surface area contributed by atoms with Gasteiger partial charge in [-0.1, -0.05) is 47.6 Å². The number of nitrogens with zero attached hydrogens (tertiary/aromatic N) is 3. The molecule has 1 aromatic heterocycles. The van der Waals surface area contributed by atoms with Gasteiger partial charge in [-0.15, -0.1) is 0 Å². The summed E-state index contributed by atoms with van der Waals surface area (Å²) in [5.74, 6) is 1.51. The molecule has 0 atom stereocenters. The number of benzene rings is 3. The summed E-state index contributed by atoms with van der Waals surface area (Å²) in [5.41, 5.74) is 3.20. The molecular formula is C29H28F3N3O2. The largest absolute Gasteiger partial charge is 0.489 e. The maximum absolute atomic E-state index is 12.8. The average molecular weight is 508 g/mol. The Hall–Kier alpha value is -3.62. The zero-order valence-electron chi connectivity index (χ0n) is 20.3. The van der Waals surface area contributed by atoms with E-state index in [4.69, 9.17) is 9.26 Å². The van der Waals surface area contributed by atoms with Crippen LogP contribution in [0.4, 0.5) is 13.2 Å². The lowest BCUT2D eigenvalue weighted by molar-refractivity contribution is -0.137. The number of ether oxygens (including phenoxy) is 1. The van der Waals surface area contributed by atoms with Crippen LogP contribution >= 0.6 is 0 Å². The zero-order chi connectivity index (χ0) is 25.7. The number of alkyl halides is 3. The van der Waals surface area contributed by atoms with Gasteiger partial charge in [0.2, 0.25) is 0 Å². The molecule has 0 amide bonds. The second-order valence-electron chi connectivity index (χ2n) is 9.23. The maximum atomic E-state index is 12.8. The second kappa shape index (κ2) is 11.2. The predicted molar refractivity (Wildman–Crippen MR) is 135 cm³/mol. The molecule has 1 aliphatic heterocycles. The van der Waals surface area contributed by atoms with Crippen LogP contribution in [-0.2, 0) is 25.9 Å². The van der Waals surface area contributed by atoms with Crippen LogP contribution in [0.1, 0.15) is 22.4 Å². The monoisotopic (exact) mass is 507 g/mol. The Kier molecular flexibility index (Phi) is 7.58. The first-order valence-corrected chi connectivity index (χ1v) is 12.3. The first kappa shape index (κ1) is 25.0. The highest BCUT2D eigenvalue weighted by Gasteiger charge is 2.30. The van der Waals surface area contributed by atoms with Crippen molar-refractivity contribution in [3.63, 3.8) is 0 Å².